The van der Waals surface area contributed by atoms with Gasteiger partial charge in [0.05, 0.1) is 10.6 Å². The molecule has 3 rings (SSSR count). The van der Waals surface area contributed by atoms with Crippen LogP contribution in [0.5, 0.6) is 0 Å². The third-order valence-electron chi connectivity index (χ3n) is 6.33. The normalized spacial score (nSPS) is 12.1. The van der Waals surface area contributed by atoms with Crippen LogP contribution in [0.2, 0.25) is 10.0 Å². The van der Waals surface area contributed by atoms with Gasteiger partial charge >= 0.3 is 0 Å². The quantitative estimate of drug-likeness (QED) is 0.236. The number of rotatable bonds is 12. The molecule has 11 heteroatoms. The van der Waals surface area contributed by atoms with Crippen molar-refractivity contribution in [3.05, 3.63) is 92.4 Å². The third-order valence-corrected chi connectivity index (χ3v) is 9.35. The fourth-order valence-electron chi connectivity index (χ4n) is 4.11. The molecule has 1 N–H and O–H groups in total. The summed E-state index contributed by atoms with van der Waals surface area (Å²) in [4.78, 5) is 28.7. The summed E-state index contributed by atoms with van der Waals surface area (Å²) in [5.41, 5.74) is 1.67. The molecule has 0 radical (unpaired) electrons. The minimum Gasteiger partial charge on any atom is -0.354 e. The Balaban J connectivity index is 2.08. The highest BCUT2D eigenvalue weighted by molar-refractivity contribution is 9.10. The Morgan fingerprint density at radius 2 is 1.55 bits per heavy atom. The summed E-state index contributed by atoms with van der Waals surface area (Å²) >= 11 is 16.2. The summed E-state index contributed by atoms with van der Waals surface area (Å²) < 4.78 is 29.6. The molecule has 0 spiro atoms. The zero-order valence-electron chi connectivity index (χ0n) is 22.5. The number of sulfonamides is 1. The Bertz CT molecular complexity index is 1410. The number of benzene rings is 3. The molecule has 0 aliphatic heterocycles. The highest BCUT2D eigenvalue weighted by Crippen LogP contribution is 2.29. The molecule has 0 heterocycles. The molecule has 0 saturated heterocycles. The van der Waals surface area contributed by atoms with Crippen LogP contribution in [-0.4, -0.2) is 44.3 Å². The van der Waals surface area contributed by atoms with Gasteiger partial charge in [0.1, 0.15) is 12.6 Å². The highest BCUT2D eigenvalue weighted by Gasteiger charge is 2.34. The first kappa shape index (κ1) is 31.9. The van der Waals surface area contributed by atoms with Crippen molar-refractivity contribution in [2.75, 3.05) is 17.4 Å². The van der Waals surface area contributed by atoms with Crippen molar-refractivity contribution in [2.45, 2.75) is 51.1 Å². The van der Waals surface area contributed by atoms with Crippen molar-refractivity contribution < 1.29 is 18.0 Å². The molecule has 40 heavy (non-hydrogen) atoms. The van der Waals surface area contributed by atoms with E-state index in [9.17, 15) is 18.0 Å². The van der Waals surface area contributed by atoms with Crippen molar-refractivity contribution in [1.29, 1.82) is 0 Å². The summed E-state index contributed by atoms with van der Waals surface area (Å²) in [6.45, 7) is 5.40. The first-order chi connectivity index (χ1) is 19.0. The van der Waals surface area contributed by atoms with Crippen molar-refractivity contribution in [2.24, 2.45) is 0 Å². The number of halogens is 3. The second-order valence-corrected chi connectivity index (χ2v) is 12.8. The Morgan fingerprint density at radius 3 is 2.10 bits per heavy atom. The molecule has 7 nitrogen and oxygen atoms in total. The number of amides is 2. The largest absolute Gasteiger partial charge is 0.354 e. The van der Waals surface area contributed by atoms with E-state index in [0.717, 1.165) is 20.8 Å². The maximum absolute atomic E-state index is 14.1. The van der Waals surface area contributed by atoms with Crippen LogP contribution in [0.1, 0.15) is 37.8 Å². The predicted octanol–water partition coefficient (Wildman–Crippen LogP) is 6.59. The number of aryl methyl sites for hydroxylation is 1. The van der Waals surface area contributed by atoms with Gasteiger partial charge in [0.25, 0.3) is 10.0 Å². The van der Waals surface area contributed by atoms with E-state index in [-0.39, 0.29) is 17.3 Å². The lowest BCUT2D eigenvalue weighted by Gasteiger charge is -2.33. The molecule has 2 amide bonds. The summed E-state index contributed by atoms with van der Waals surface area (Å²) in [7, 11) is -4.15. The molecule has 0 aliphatic carbocycles. The summed E-state index contributed by atoms with van der Waals surface area (Å²) in [6.07, 6.45) is 1.02. The standard InChI is InChI=1S/C29H32BrCl2N3O4S/c1-4-17-33-29(37)27(5-2)34(18-24-25(31)7-6-8-26(24)32)28(36)19-35(22-13-11-21(30)12-14-22)40(38,39)23-15-9-20(3)10-16-23/h6-16,27H,4-5,17-19H2,1-3H3,(H,33,37)/t27-/m0/s1. The molecule has 0 saturated carbocycles. The lowest BCUT2D eigenvalue weighted by atomic mass is 10.1. The van der Waals surface area contributed by atoms with Crippen LogP contribution in [0.15, 0.2) is 76.1 Å². The van der Waals surface area contributed by atoms with Crippen LogP contribution in [0, 0.1) is 6.92 Å². The number of hydrogen-bond acceptors (Lipinski definition) is 4. The topological polar surface area (TPSA) is 86.8 Å². The maximum Gasteiger partial charge on any atom is 0.264 e. The van der Waals surface area contributed by atoms with Gasteiger partial charge in [0.15, 0.2) is 0 Å². The number of hydrogen-bond donors (Lipinski definition) is 1. The van der Waals surface area contributed by atoms with Crippen molar-refractivity contribution in [3.63, 3.8) is 0 Å². The molecular formula is C29H32BrCl2N3O4S. The Kier molecular flexibility index (Phi) is 11.5. The second-order valence-electron chi connectivity index (χ2n) is 9.24. The fraction of sp³-hybridized carbons (Fsp3) is 0.310. The number of anilines is 1. The SMILES string of the molecule is CCCNC(=O)[C@H](CC)N(Cc1c(Cl)cccc1Cl)C(=O)CN(c1ccc(Br)cc1)S(=O)(=O)c1ccc(C)cc1. The average molecular weight is 669 g/mol. The van der Waals surface area contributed by atoms with Crippen LogP contribution >= 0.6 is 39.1 Å². The predicted molar refractivity (Wildman–Crippen MR) is 164 cm³/mol. The van der Waals surface area contributed by atoms with Crippen molar-refractivity contribution in [1.82, 2.24) is 10.2 Å². The van der Waals surface area contributed by atoms with Crippen molar-refractivity contribution >= 4 is 66.7 Å². The first-order valence-corrected chi connectivity index (χ1v) is 15.8. The Hall–Kier alpha value is -2.59. The van der Waals surface area contributed by atoms with Crippen LogP contribution in [0.4, 0.5) is 5.69 Å². The van der Waals surface area contributed by atoms with E-state index < -0.39 is 28.5 Å². The molecule has 214 valence electrons. The van der Waals surface area contributed by atoms with Gasteiger partial charge in [-0.3, -0.25) is 13.9 Å². The zero-order valence-corrected chi connectivity index (χ0v) is 26.4. The monoisotopic (exact) mass is 667 g/mol. The van der Waals surface area contributed by atoms with Crippen LogP contribution in [-0.2, 0) is 26.2 Å². The van der Waals surface area contributed by atoms with E-state index in [2.05, 4.69) is 21.2 Å². The van der Waals surface area contributed by atoms with E-state index in [4.69, 9.17) is 23.2 Å². The minimum atomic E-state index is -4.15. The number of carbonyl (C=O) groups excluding carboxylic acids is 2. The van der Waals surface area contributed by atoms with Gasteiger partial charge in [-0.1, -0.05) is 76.7 Å². The van der Waals surface area contributed by atoms with E-state index in [0.29, 0.717) is 34.3 Å². The summed E-state index contributed by atoms with van der Waals surface area (Å²) in [5.74, 6) is -0.912. The van der Waals surface area contributed by atoms with Gasteiger partial charge in [-0.25, -0.2) is 8.42 Å². The van der Waals surface area contributed by atoms with Crippen LogP contribution < -0.4 is 9.62 Å². The number of nitrogens with one attached hydrogen (secondary N) is 1. The van der Waals surface area contributed by atoms with Gasteiger partial charge in [0.2, 0.25) is 11.8 Å². The van der Waals surface area contributed by atoms with Gasteiger partial charge in [-0.05, 0) is 68.3 Å². The molecule has 0 aliphatic rings. The zero-order chi connectivity index (χ0) is 29.4. The second kappa shape index (κ2) is 14.3. The minimum absolute atomic E-state index is 0.0437. The molecule has 0 fully saturated rings. The van der Waals surface area contributed by atoms with E-state index >= 15 is 0 Å². The van der Waals surface area contributed by atoms with Crippen molar-refractivity contribution in [3.8, 4) is 0 Å². The number of nitrogens with zero attached hydrogens (tertiary/aromatic N) is 2. The highest BCUT2D eigenvalue weighted by atomic mass is 79.9. The lowest BCUT2D eigenvalue weighted by Crippen LogP contribution is -2.52. The molecule has 0 unspecified atom stereocenters. The molecule has 3 aromatic rings. The van der Waals surface area contributed by atoms with Gasteiger partial charge < -0.3 is 10.2 Å². The van der Waals surface area contributed by atoms with E-state index in [1.54, 1.807) is 61.5 Å². The molecule has 0 aromatic heterocycles. The van der Waals surface area contributed by atoms with Gasteiger partial charge in [0, 0.05) is 33.2 Å². The maximum atomic E-state index is 14.1. The fourth-order valence-corrected chi connectivity index (χ4v) is 6.31. The number of carbonyl (C=O) groups is 2. The molecule has 1 atom stereocenters. The van der Waals surface area contributed by atoms with Crippen LogP contribution in [0.25, 0.3) is 0 Å². The van der Waals surface area contributed by atoms with Gasteiger partial charge in [-0.2, -0.15) is 0 Å². The molecule has 3 aromatic carbocycles. The summed E-state index contributed by atoms with van der Waals surface area (Å²) in [5, 5.41) is 3.53. The van der Waals surface area contributed by atoms with E-state index in [1.165, 1.54) is 17.0 Å². The van der Waals surface area contributed by atoms with Gasteiger partial charge in [-0.15, -0.1) is 0 Å². The third kappa shape index (κ3) is 7.78. The lowest BCUT2D eigenvalue weighted by molar-refractivity contribution is -0.140. The van der Waals surface area contributed by atoms with E-state index in [1.807, 2.05) is 13.8 Å². The Labute approximate surface area is 254 Å². The molecule has 0 bridgehead atoms. The Morgan fingerprint density at radius 1 is 0.950 bits per heavy atom. The van der Waals surface area contributed by atoms with Crippen LogP contribution in [0.3, 0.4) is 0 Å². The first-order valence-electron chi connectivity index (χ1n) is 12.8. The molecular weight excluding hydrogens is 637 g/mol. The summed E-state index contributed by atoms with van der Waals surface area (Å²) in [6, 6.07) is 17.2. The average Bonchev–Trinajstić information content (AvgIpc) is 2.92. The smallest absolute Gasteiger partial charge is 0.264 e.